The predicted molar refractivity (Wildman–Crippen MR) is 87.9 cm³/mol. The highest BCUT2D eigenvalue weighted by Crippen LogP contribution is 2.37. The lowest BCUT2D eigenvalue weighted by Gasteiger charge is -2.13. The molecule has 0 unspecified atom stereocenters. The van der Waals surface area contributed by atoms with E-state index in [2.05, 4.69) is 10.1 Å². The van der Waals surface area contributed by atoms with Crippen molar-refractivity contribution in [1.29, 1.82) is 0 Å². The van der Waals surface area contributed by atoms with E-state index in [4.69, 9.17) is 11.6 Å². The first-order valence-corrected chi connectivity index (χ1v) is 7.98. The van der Waals surface area contributed by atoms with Crippen molar-refractivity contribution in [3.63, 3.8) is 0 Å². The van der Waals surface area contributed by atoms with Gasteiger partial charge in [-0.1, -0.05) is 23.7 Å². The van der Waals surface area contributed by atoms with Crippen molar-refractivity contribution >= 4 is 44.6 Å². The molecule has 0 aliphatic heterocycles. The molecule has 3 aromatic rings. The highest BCUT2D eigenvalue weighted by atomic mass is 35.5. The summed E-state index contributed by atoms with van der Waals surface area (Å²) in [6, 6.07) is 8.98. The van der Waals surface area contributed by atoms with Crippen molar-refractivity contribution < 1.29 is 27.1 Å². The number of rotatable bonds is 3. The summed E-state index contributed by atoms with van der Waals surface area (Å²) in [5.41, 5.74) is -0.162. The van der Waals surface area contributed by atoms with E-state index in [1.54, 1.807) is 0 Å². The Balaban J connectivity index is 1.92. The molecule has 0 atom stereocenters. The number of nitrogens with one attached hydrogen (secondary N) is 1. The fourth-order valence-electron chi connectivity index (χ4n) is 2.15. The summed E-state index contributed by atoms with van der Waals surface area (Å²) in [4.78, 5) is 12.5. The number of para-hydroxylation sites is 2. The van der Waals surface area contributed by atoms with Gasteiger partial charge >= 0.3 is 6.36 Å². The number of amides is 1. The number of anilines is 1. The Morgan fingerprint density at radius 3 is 2.60 bits per heavy atom. The van der Waals surface area contributed by atoms with Crippen LogP contribution in [-0.2, 0) is 0 Å². The standard InChI is InChI=1S/C16H8ClF4NO2S/c17-13-9-6-5-8(18)7-12(9)25-14(13)15(23)22-10-3-1-2-4-11(10)24-16(19,20)21/h1-7H,(H,22,23). The van der Waals surface area contributed by atoms with Crippen molar-refractivity contribution in [3.8, 4) is 5.75 Å². The average molecular weight is 390 g/mol. The summed E-state index contributed by atoms with van der Waals surface area (Å²) in [6.45, 7) is 0. The molecule has 0 spiro atoms. The molecule has 130 valence electrons. The minimum absolute atomic E-state index is 0.0593. The molecule has 1 N–H and O–H groups in total. The Hall–Kier alpha value is -2.32. The third-order valence-corrected chi connectivity index (χ3v) is 4.81. The number of carbonyl (C=O) groups is 1. The summed E-state index contributed by atoms with van der Waals surface area (Å²) in [5, 5.41) is 2.92. The van der Waals surface area contributed by atoms with E-state index in [0.717, 1.165) is 17.4 Å². The normalized spacial score (nSPS) is 11.6. The zero-order valence-corrected chi connectivity index (χ0v) is 13.7. The highest BCUT2D eigenvalue weighted by Gasteiger charge is 2.32. The molecule has 0 radical (unpaired) electrons. The molecule has 0 fully saturated rings. The minimum Gasteiger partial charge on any atom is -0.404 e. The second-order valence-electron chi connectivity index (χ2n) is 4.88. The molecule has 0 saturated carbocycles. The fourth-order valence-corrected chi connectivity index (χ4v) is 3.58. The van der Waals surface area contributed by atoms with Crippen LogP contribution >= 0.6 is 22.9 Å². The number of halogens is 5. The Morgan fingerprint density at radius 1 is 1.16 bits per heavy atom. The topological polar surface area (TPSA) is 38.3 Å². The van der Waals surface area contributed by atoms with Crippen molar-refractivity contribution in [3.05, 3.63) is 58.2 Å². The molecule has 2 aromatic carbocycles. The zero-order chi connectivity index (χ0) is 18.2. The van der Waals surface area contributed by atoms with E-state index in [1.807, 2.05) is 0 Å². The monoisotopic (exact) mass is 389 g/mol. The van der Waals surface area contributed by atoms with Crippen LogP contribution in [0.4, 0.5) is 23.2 Å². The van der Waals surface area contributed by atoms with Crippen molar-refractivity contribution in [2.75, 3.05) is 5.32 Å². The second kappa shape index (κ2) is 6.53. The van der Waals surface area contributed by atoms with Crippen LogP contribution in [0.2, 0.25) is 5.02 Å². The smallest absolute Gasteiger partial charge is 0.404 e. The van der Waals surface area contributed by atoms with Crippen LogP contribution < -0.4 is 10.1 Å². The van der Waals surface area contributed by atoms with Gasteiger partial charge in [-0.2, -0.15) is 0 Å². The first-order valence-electron chi connectivity index (χ1n) is 6.78. The van der Waals surface area contributed by atoms with Crippen LogP contribution in [0.3, 0.4) is 0 Å². The van der Waals surface area contributed by atoms with Gasteiger partial charge in [0.25, 0.3) is 5.91 Å². The zero-order valence-electron chi connectivity index (χ0n) is 12.2. The van der Waals surface area contributed by atoms with E-state index in [-0.39, 0.29) is 15.6 Å². The van der Waals surface area contributed by atoms with Gasteiger partial charge in [0.05, 0.1) is 10.7 Å². The lowest BCUT2D eigenvalue weighted by molar-refractivity contribution is -0.274. The second-order valence-corrected chi connectivity index (χ2v) is 6.31. The summed E-state index contributed by atoms with van der Waals surface area (Å²) in [6.07, 6.45) is -4.90. The molecule has 0 bridgehead atoms. The number of carbonyl (C=O) groups excluding carboxylic acids is 1. The number of hydrogen-bond acceptors (Lipinski definition) is 3. The van der Waals surface area contributed by atoms with Gasteiger partial charge in [0.1, 0.15) is 10.7 Å². The van der Waals surface area contributed by atoms with Gasteiger partial charge in [0.2, 0.25) is 0 Å². The molecule has 0 saturated heterocycles. The lowest BCUT2D eigenvalue weighted by atomic mass is 10.2. The maximum atomic E-state index is 13.3. The van der Waals surface area contributed by atoms with Crippen molar-refractivity contribution in [2.24, 2.45) is 0 Å². The van der Waals surface area contributed by atoms with Gasteiger partial charge in [-0.3, -0.25) is 4.79 Å². The SMILES string of the molecule is O=C(Nc1ccccc1OC(F)(F)F)c1sc2cc(F)ccc2c1Cl. The maximum Gasteiger partial charge on any atom is 0.573 e. The molecular weight excluding hydrogens is 382 g/mol. The summed E-state index contributed by atoms with van der Waals surface area (Å²) in [5.74, 6) is -1.75. The Bertz CT molecular complexity index is 955. The molecule has 1 amide bonds. The third-order valence-electron chi connectivity index (χ3n) is 3.16. The Morgan fingerprint density at radius 2 is 1.88 bits per heavy atom. The maximum absolute atomic E-state index is 13.3. The Labute approximate surface area is 147 Å². The number of fused-ring (bicyclic) bond motifs is 1. The van der Waals surface area contributed by atoms with Gasteiger partial charge in [0.15, 0.2) is 5.75 Å². The molecule has 3 rings (SSSR count). The quantitative estimate of drug-likeness (QED) is 0.571. The van der Waals surface area contributed by atoms with Crippen LogP contribution in [0.25, 0.3) is 10.1 Å². The Kier molecular flexibility index (Phi) is 4.57. The van der Waals surface area contributed by atoms with Gasteiger partial charge in [-0.25, -0.2) is 4.39 Å². The molecule has 0 aliphatic carbocycles. The molecule has 25 heavy (non-hydrogen) atoms. The van der Waals surface area contributed by atoms with Crippen molar-refractivity contribution in [2.45, 2.75) is 6.36 Å². The molecular formula is C16H8ClF4NO2S. The van der Waals surface area contributed by atoms with E-state index >= 15 is 0 Å². The minimum atomic E-state index is -4.90. The number of ether oxygens (including phenoxy) is 1. The summed E-state index contributed by atoms with van der Waals surface area (Å²) < 4.78 is 54.9. The first-order chi connectivity index (χ1) is 11.7. The van der Waals surface area contributed by atoms with E-state index < -0.39 is 23.8 Å². The lowest BCUT2D eigenvalue weighted by Crippen LogP contribution is -2.19. The van der Waals surface area contributed by atoms with Crippen LogP contribution in [0.1, 0.15) is 9.67 Å². The third kappa shape index (κ3) is 3.85. The fraction of sp³-hybridized carbons (Fsp3) is 0.0625. The summed E-state index contributed by atoms with van der Waals surface area (Å²) in [7, 11) is 0. The van der Waals surface area contributed by atoms with Gasteiger partial charge in [0, 0.05) is 10.1 Å². The molecule has 1 aromatic heterocycles. The van der Waals surface area contributed by atoms with Crippen LogP contribution in [0, 0.1) is 5.82 Å². The number of hydrogen-bond donors (Lipinski definition) is 1. The highest BCUT2D eigenvalue weighted by molar-refractivity contribution is 7.21. The average Bonchev–Trinajstić information content (AvgIpc) is 2.84. The van der Waals surface area contributed by atoms with E-state index in [9.17, 15) is 22.4 Å². The van der Waals surface area contributed by atoms with Gasteiger partial charge in [-0.05, 0) is 30.3 Å². The molecule has 0 aliphatic rings. The molecule has 9 heteroatoms. The predicted octanol–water partition coefficient (Wildman–Crippen LogP) is 5.84. The van der Waals surface area contributed by atoms with Gasteiger partial charge < -0.3 is 10.1 Å². The summed E-state index contributed by atoms with van der Waals surface area (Å²) >= 11 is 7.07. The van der Waals surface area contributed by atoms with Crippen LogP contribution in [-0.4, -0.2) is 12.3 Å². The van der Waals surface area contributed by atoms with Gasteiger partial charge in [-0.15, -0.1) is 24.5 Å². The van der Waals surface area contributed by atoms with Crippen molar-refractivity contribution in [1.82, 2.24) is 0 Å². The molecule has 3 nitrogen and oxygen atoms in total. The number of benzene rings is 2. The van der Waals surface area contributed by atoms with E-state index in [0.29, 0.717) is 10.1 Å². The first kappa shape index (κ1) is 17.5. The largest absolute Gasteiger partial charge is 0.573 e. The number of thiophene rings is 1. The van der Waals surface area contributed by atoms with E-state index in [1.165, 1.54) is 36.4 Å². The molecule has 1 heterocycles. The number of alkyl halides is 3. The van der Waals surface area contributed by atoms with Crippen LogP contribution in [0.5, 0.6) is 5.75 Å². The van der Waals surface area contributed by atoms with Crippen LogP contribution in [0.15, 0.2) is 42.5 Å².